The average molecular weight is 183 g/mol. The van der Waals surface area contributed by atoms with Crippen molar-refractivity contribution in [3.63, 3.8) is 0 Å². The normalized spacial score (nSPS) is 9.43. The fraction of sp³-hybridized carbons (Fsp3) is 0. The van der Waals surface area contributed by atoms with Crippen molar-refractivity contribution in [1.82, 2.24) is 4.98 Å². The van der Waals surface area contributed by atoms with Crippen LogP contribution in [0.3, 0.4) is 0 Å². The Hall–Kier alpha value is -2.05. The maximum Gasteiger partial charge on any atom is 0.225 e. The summed E-state index contributed by atoms with van der Waals surface area (Å²) in [5, 5.41) is 0. The lowest BCUT2D eigenvalue weighted by atomic mass is 10.1. The van der Waals surface area contributed by atoms with Gasteiger partial charge in [0.1, 0.15) is 6.26 Å². The van der Waals surface area contributed by atoms with Gasteiger partial charge in [0.05, 0.1) is 6.20 Å². The van der Waals surface area contributed by atoms with Gasteiger partial charge in [0.15, 0.2) is 0 Å². The van der Waals surface area contributed by atoms with Gasteiger partial charge >= 0.3 is 0 Å². The van der Waals surface area contributed by atoms with E-state index >= 15 is 0 Å². The molecule has 0 N–H and O–H groups in total. The first kappa shape index (κ1) is 8.54. The van der Waals surface area contributed by atoms with Gasteiger partial charge in [-0.1, -0.05) is 18.7 Å². The summed E-state index contributed by atoms with van der Waals surface area (Å²) >= 11 is 0. The highest BCUT2D eigenvalue weighted by atomic mass is 16.3. The van der Waals surface area contributed by atoms with E-state index in [-0.39, 0.29) is 0 Å². The SMILES string of the molecule is C=C=Cc1ccc(-c2ncco2)cc1. The monoisotopic (exact) mass is 183 g/mol. The number of hydrogen-bond donors (Lipinski definition) is 0. The van der Waals surface area contributed by atoms with Crippen molar-refractivity contribution in [2.75, 3.05) is 0 Å². The topological polar surface area (TPSA) is 26.0 Å². The third kappa shape index (κ3) is 1.65. The van der Waals surface area contributed by atoms with Crippen LogP contribution in [-0.2, 0) is 0 Å². The Morgan fingerprint density at radius 1 is 1.29 bits per heavy atom. The van der Waals surface area contributed by atoms with Crippen LogP contribution in [0.25, 0.3) is 17.5 Å². The molecule has 0 aliphatic heterocycles. The van der Waals surface area contributed by atoms with Crippen LogP contribution < -0.4 is 0 Å². The van der Waals surface area contributed by atoms with E-state index in [9.17, 15) is 0 Å². The molecule has 2 rings (SSSR count). The summed E-state index contributed by atoms with van der Waals surface area (Å²) in [5.74, 6) is 0.638. The van der Waals surface area contributed by atoms with Crippen LogP contribution >= 0.6 is 0 Å². The van der Waals surface area contributed by atoms with Crippen molar-refractivity contribution < 1.29 is 4.42 Å². The van der Waals surface area contributed by atoms with Crippen LogP contribution in [0.2, 0.25) is 0 Å². The number of oxazole rings is 1. The molecule has 1 aromatic carbocycles. The van der Waals surface area contributed by atoms with Crippen molar-refractivity contribution in [3.8, 4) is 11.5 Å². The molecule has 0 fully saturated rings. The fourth-order valence-electron chi connectivity index (χ4n) is 1.21. The second-order valence-corrected chi connectivity index (χ2v) is 2.81. The Labute approximate surface area is 82.2 Å². The lowest BCUT2D eigenvalue weighted by molar-refractivity contribution is 0.574. The second-order valence-electron chi connectivity index (χ2n) is 2.81. The molecular weight excluding hydrogens is 174 g/mol. The minimum Gasteiger partial charge on any atom is -0.445 e. The van der Waals surface area contributed by atoms with Gasteiger partial charge in [0, 0.05) is 5.56 Å². The third-order valence-electron chi connectivity index (χ3n) is 1.86. The van der Waals surface area contributed by atoms with Gasteiger partial charge in [-0.3, -0.25) is 0 Å². The largest absolute Gasteiger partial charge is 0.445 e. The van der Waals surface area contributed by atoms with Crippen LogP contribution in [0.5, 0.6) is 0 Å². The lowest BCUT2D eigenvalue weighted by Crippen LogP contribution is -1.77. The number of hydrogen-bond acceptors (Lipinski definition) is 2. The first-order chi connectivity index (χ1) is 6.90. The van der Waals surface area contributed by atoms with E-state index < -0.39 is 0 Å². The molecule has 2 nitrogen and oxygen atoms in total. The fourth-order valence-corrected chi connectivity index (χ4v) is 1.21. The molecule has 68 valence electrons. The van der Waals surface area contributed by atoms with Crippen molar-refractivity contribution in [3.05, 3.63) is 54.6 Å². The first-order valence-corrected chi connectivity index (χ1v) is 4.26. The number of rotatable bonds is 2. The molecule has 0 atom stereocenters. The van der Waals surface area contributed by atoms with E-state index in [1.54, 1.807) is 12.5 Å². The third-order valence-corrected chi connectivity index (χ3v) is 1.86. The lowest BCUT2D eigenvalue weighted by Gasteiger charge is -1.95. The highest BCUT2D eigenvalue weighted by Crippen LogP contribution is 2.17. The Morgan fingerprint density at radius 3 is 2.64 bits per heavy atom. The van der Waals surface area contributed by atoms with E-state index in [2.05, 4.69) is 17.3 Å². The van der Waals surface area contributed by atoms with Crippen molar-refractivity contribution in [1.29, 1.82) is 0 Å². The van der Waals surface area contributed by atoms with Crippen molar-refractivity contribution >= 4 is 6.08 Å². The summed E-state index contributed by atoms with van der Waals surface area (Å²) in [5.41, 5.74) is 4.76. The Bertz CT molecular complexity index is 448. The number of aromatic nitrogens is 1. The predicted octanol–water partition coefficient (Wildman–Crippen LogP) is 3.14. The van der Waals surface area contributed by atoms with Gasteiger partial charge in [-0.25, -0.2) is 4.98 Å². The highest BCUT2D eigenvalue weighted by Gasteiger charge is 2.00. The van der Waals surface area contributed by atoms with Gasteiger partial charge in [0.25, 0.3) is 0 Å². The van der Waals surface area contributed by atoms with Crippen LogP contribution in [0.4, 0.5) is 0 Å². The zero-order valence-corrected chi connectivity index (χ0v) is 7.60. The van der Waals surface area contributed by atoms with Crippen LogP contribution in [0.15, 0.2) is 53.5 Å². The minimum absolute atomic E-state index is 0.638. The Balaban J connectivity index is 2.35. The number of nitrogens with zero attached hydrogens (tertiary/aromatic N) is 1. The maximum atomic E-state index is 5.17. The van der Waals surface area contributed by atoms with E-state index in [0.717, 1.165) is 11.1 Å². The average Bonchev–Trinajstić information content (AvgIpc) is 2.72. The van der Waals surface area contributed by atoms with Gasteiger partial charge in [-0.15, -0.1) is 5.73 Å². The quantitative estimate of drug-likeness (QED) is 0.668. The molecule has 0 amide bonds. The predicted molar refractivity (Wildman–Crippen MR) is 55.5 cm³/mol. The summed E-state index contributed by atoms with van der Waals surface area (Å²) < 4.78 is 5.17. The van der Waals surface area contributed by atoms with Gasteiger partial charge in [0.2, 0.25) is 5.89 Å². The van der Waals surface area contributed by atoms with Crippen LogP contribution in [0, 0.1) is 0 Å². The zero-order chi connectivity index (χ0) is 9.80. The van der Waals surface area contributed by atoms with E-state index in [0.29, 0.717) is 5.89 Å². The summed E-state index contributed by atoms with van der Waals surface area (Å²) in [7, 11) is 0. The molecule has 0 aliphatic carbocycles. The summed E-state index contributed by atoms with van der Waals surface area (Å²) in [6.07, 6.45) is 5.01. The molecule has 0 saturated carbocycles. The summed E-state index contributed by atoms with van der Waals surface area (Å²) in [4.78, 5) is 4.06. The van der Waals surface area contributed by atoms with E-state index in [1.807, 2.05) is 30.3 Å². The van der Waals surface area contributed by atoms with Crippen molar-refractivity contribution in [2.24, 2.45) is 0 Å². The molecule has 2 heteroatoms. The molecule has 1 aromatic heterocycles. The highest BCUT2D eigenvalue weighted by molar-refractivity contribution is 5.58. The Morgan fingerprint density at radius 2 is 2.07 bits per heavy atom. The van der Waals surface area contributed by atoms with Crippen molar-refractivity contribution in [2.45, 2.75) is 0 Å². The smallest absolute Gasteiger partial charge is 0.225 e. The van der Waals surface area contributed by atoms with Crippen LogP contribution in [0.1, 0.15) is 5.56 Å². The molecule has 0 radical (unpaired) electrons. The molecule has 0 unspecified atom stereocenters. The molecule has 0 bridgehead atoms. The maximum absolute atomic E-state index is 5.17. The summed E-state index contributed by atoms with van der Waals surface area (Å²) in [6, 6.07) is 7.85. The molecule has 0 spiro atoms. The molecule has 14 heavy (non-hydrogen) atoms. The minimum atomic E-state index is 0.638. The summed E-state index contributed by atoms with van der Waals surface area (Å²) in [6.45, 7) is 3.52. The zero-order valence-electron chi connectivity index (χ0n) is 7.60. The van der Waals surface area contributed by atoms with Gasteiger partial charge in [-0.2, -0.15) is 0 Å². The standard InChI is InChI=1S/C12H9NO/c1-2-3-10-4-6-11(7-5-10)12-13-8-9-14-12/h3-9H,1H2. The molecule has 0 saturated heterocycles. The second kappa shape index (κ2) is 3.77. The number of benzene rings is 1. The molecular formula is C12H9NO. The van der Waals surface area contributed by atoms with Gasteiger partial charge < -0.3 is 4.42 Å². The molecule has 2 aromatic rings. The first-order valence-electron chi connectivity index (χ1n) is 4.26. The van der Waals surface area contributed by atoms with Crippen LogP contribution in [-0.4, -0.2) is 4.98 Å². The van der Waals surface area contributed by atoms with E-state index in [1.165, 1.54) is 0 Å². The molecule has 1 heterocycles. The van der Waals surface area contributed by atoms with E-state index in [4.69, 9.17) is 4.42 Å². The Kier molecular flexibility index (Phi) is 2.30. The van der Waals surface area contributed by atoms with Gasteiger partial charge in [-0.05, 0) is 23.8 Å². The molecule has 0 aliphatic rings.